The molecule has 0 aliphatic heterocycles. The Kier molecular flexibility index (Phi) is 7.10. The van der Waals surface area contributed by atoms with Crippen LogP contribution in [0.3, 0.4) is 0 Å². The largest absolute Gasteiger partial charge is 0.495 e. The van der Waals surface area contributed by atoms with Gasteiger partial charge in [-0.25, -0.2) is 0 Å². The molecule has 140 valence electrons. The Labute approximate surface area is 159 Å². The number of hydrogen-bond acceptors (Lipinski definition) is 8. The summed E-state index contributed by atoms with van der Waals surface area (Å²) in [5, 5.41) is 11.0. The quantitative estimate of drug-likeness (QED) is 0.509. The van der Waals surface area contributed by atoms with Crippen molar-refractivity contribution in [3.05, 3.63) is 23.2 Å². The van der Waals surface area contributed by atoms with E-state index in [-0.39, 0.29) is 30.1 Å². The Morgan fingerprint density at radius 3 is 2.81 bits per heavy atom. The minimum Gasteiger partial charge on any atom is -0.495 e. The fourth-order valence-electron chi connectivity index (χ4n) is 1.97. The molecule has 0 radical (unpaired) electrons. The van der Waals surface area contributed by atoms with E-state index in [2.05, 4.69) is 15.5 Å². The zero-order valence-electron chi connectivity index (χ0n) is 14.2. The number of carbonyl (C=O) groups is 2. The predicted molar refractivity (Wildman–Crippen MR) is 98.4 cm³/mol. The van der Waals surface area contributed by atoms with Gasteiger partial charge < -0.3 is 20.5 Å². The number of ether oxygens (including phenoxy) is 2. The van der Waals surface area contributed by atoms with Crippen LogP contribution in [0.1, 0.15) is 6.92 Å². The van der Waals surface area contributed by atoms with Gasteiger partial charge in [-0.2, -0.15) is 0 Å². The van der Waals surface area contributed by atoms with Crippen molar-refractivity contribution in [1.29, 1.82) is 0 Å². The summed E-state index contributed by atoms with van der Waals surface area (Å²) in [6.07, 6.45) is 0. The van der Waals surface area contributed by atoms with Crippen LogP contribution in [0.15, 0.2) is 23.4 Å². The van der Waals surface area contributed by atoms with E-state index in [1.807, 2.05) is 0 Å². The maximum absolute atomic E-state index is 12.3. The van der Waals surface area contributed by atoms with Gasteiger partial charge in [0.25, 0.3) is 0 Å². The number of hydrogen-bond donors (Lipinski definition) is 2. The average molecular weight is 400 g/mol. The molecule has 0 atom stereocenters. The van der Waals surface area contributed by atoms with Crippen LogP contribution in [0.4, 0.5) is 11.6 Å². The number of carbonyl (C=O) groups excluding carboxylic acids is 2. The third-order valence-corrected chi connectivity index (χ3v) is 4.34. The molecule has 9 nitrogen and oxygen atoms in total. The lowest BCUT2D eigenvalue weighted by atomic mass is 10.3. The third kappa shape index (κ3) is 5.27. The molecule has 0 saturated carbocycles. The standard InChI is InChI=1S/C15H18ClN5O4S/c1-3-25-13(23)8-26-15-20-19-14(17)21(15)7-12(22)18-9-4-5-11(24-2)10(16)6-9/h4-6H,3,7-8H2,1-2H3,(H2,17,19)(H,18,22). The molecule has 0 aliphatic carbocycles. The van der Waals surface area contributed by atoms with Crippen LogP contribution in [-0.4, -0.2) is 46.1 Å². The van der Waals surface area contributed by atoms with Crippen molar-refractivity contribution < 1.29 is 19.1 Å². The number of amides is 1. The number of benzene rings is 1. The SMILES string of the molecule is CCOC(=O)CSc1nnc(N)n1CC(=O)Nc1ccc(OC)c(Cl)c1. The van der Waals surface area contributed by atoms with Gasteiger partial charge in [0, 0.05) is 5.69 Å². The Balaban J connectivity index is 2.01. The molecule has 0 bridgehead atoms. The first-order chi connectivity index (χ1) is 12.4. The van der Waals surface area contributed by atoms with Crippen molar-refractivity contribution in [1.82, 2.24) is 14.8 Å². The van der Waals surface area contributed by atoms with Crippen LogP contribution in [0.5, 0.6) is 5.75 Å². The number of nitrogens with one attached hydrogen (secondary N) is 1. The minimum absolute atomic E-state index is 0.0433. The monoisotopic (exact) mass is 399 g/mol. The molecular weight excluding hydrogens is 382 g/mol. The second kappa shape index (κ2) is 9.30. The smallest absolute Gasteiger partial charge is 0.316 e. The van der Waals surface area contributed by atoms with Crippen LogP contribution in [0.2, 0.25) is 5.02 Å². The summed E-state index contributed by atoms with van der Waals surface area (Å²) in [5.74, 6) is -0.120. The van der Waals surface area contributed by atoms with Gasteiger partial charge >= 0.3 is 5.97 Å². The van der Waals surface area contributed by atoms with Crippen LogP contribution in [-0.2, 0) is 20.9 Å². The highest BCUT2D eigenvalue weighted by Crippen LogP contribution is 2.27. The van der Waals surface area contributed by atoms with E-state index in [0.29, 0.717) is 28.2 Å². The molecule has 26 heavy (non-hydrogen) atoms. The molecule has 3 N–H and O–H groups in total. The first-order valence-electron chi connectivity index (χ1n) is 7.55. The fraction of sp³-hybridized carbons (Fsp3) is 0.333. The molecule has 1 heterocycles. The number of nitrogens with two attached hydrogens (primary N) is 1. The van der Waals surface area contributed by atoms with Gasteiger partial charge in [-0.1, -0.05) is 23.4 Å². The summed E-state index contributed by atoms with van der Waals surface area (Å²) in [7, 11) is 1.50. The maximum Gasteiger partial charge on any atom is 0.316 e. The summed E-state index contributed by atoms with van der Waals surface area (Å²) < 4.78 is 11.3. The molecule has 1 amide bonds. The number of methoxy groups -OCH3 is 1. The molecule has 2 aromatic rings. The van der Waals surface area contributed by atoms with E-state index in [1.54, 1.807) is 25.1 Å². The second-order valence-electron chi connectivity index (χ2n) is 4.92. The van der Waals surface area contributed by atoms with Crippen molar-refractivity contribution in [2.75, 3.05) is 30.5 Å². The number of thioether (sulfide) groups is 1. The molecule has 2 rings (SSSR count). The van der Waals surface area contributed by atoms with Crippen molar-refractivity contribution in [3.8, 4) is 5.75 Å². The number of nitrogens with zero attached hydrogens (tertiary/aromatic N) is 3. The topological polar surface area (TPSA) is 121 Å². The van der Waals surface area contributed by atoms with E-state index < -0.39 is 0 Å². The van der Waals surface area contributed by atoms with Gasteiger partial charge in [0.15, 0.2) is 5.16 Å². The summed E-state index contributed by atoms with van der Waals surface area (Å²) in [5.41, 5.74) is 6.26. The van der Waals surface area contributed by atoms with E-state index >= 15 is 0 Å². The number of nitrogen functional groups attached to an aromatic ring is 1. The van der Waals surface area contributed by atoms with Gasteiger partial charge in [0.1, 0.15) is 12.3 Å². The number of anilines is 2. The third-order valence-electron chi connectivity index (χ3n) is 3.11. The van der Waals surface area contributed by atoms with Gasteiger partial charge in [0.2, 0.25) is 11.9 Å². The van der Waals surface area contributed by atoms with Crippen molar-refractivity contribution in [2.45, 2.75) is 18.6 Å². The van der Waals surface area contributed by atoms with E-state index in [9.17, 15) is 9.59 Å². The number of halogens is 1. The predicted octanol–water partition coefficient (Wildman–Crippen LogP) is 1.82. The van der Waals surface area contributed by atoms with Crippen LogP contribution in [0, 0.1) is 0 Å². The van der Waals surface area contributed by atoms with E-state index in [4.69, 9.17) is 26.8 Å². The summed E-state index contributed by atoms with van der Waals surface area (Å²) in [6.45, 7) is 1.90. The van der Waals surface area contributed by atoms with Crippen LogP contribution in [0.25, 0.3) is 0 Å². The highest BCUT2D eigenvalue weighted by molar-refractivity contribution is 7.99. The zero-order chi connectivity index (χ0) is 19.1. The van der Waals surface area contributed by atoms with Gasteiger partial charge in [-0.05, 0) is 25.1 Å². The summed E-state index contributed by atoms with van der Waals surface area (Å²) >= 11 is 7.12. The first-order valence-corrected chi connectivity index (χ1v) is 8.91. The second-order valence-corrected chi connectivity index (χ2v) is 6.27. The lowest BCUT2D eigenvalue weighted by Crippen LogP contribution is -2.20. The molecule has 1 aromatic heterocycles. The van der Waals surface area contributed by atoms with Gasteiger partial charge in [-0.15, -0.1) is 10.2 Å². The summed E-state index contributed by atoms with van der Waals surface area (Å²) in [4.78, 5) is 23.7. The summed E-state index contributed by atoms with van der Waals surface area (Å²) in [6, 6.07) is 4.88. The Bertz CT molecular complexity index is 798. The number of rotatable bonds is 8. The first kappa shape index (κ1) is 19.9. The number of aromatic nitrogens is 3. The van der Waals surface area contributed by atoms with Gasteiger partial charge in [-0.3, -0.25) is 14.2 Å². The van der Waals surface area contributed by atoms with Crippen molar-refractivity contribution >= 4 is 46.9 Å². The van der Waals surface area contributed by atoms with Crippen LogP contribution < -0.4 is 15.8 Å². The highest BCUT2D eigenvalue weighted by atomic mass is 35.5. The molecule has 0 aliphatic rings. The van der Waals surface area contributed by atoms with Crippen LogP contribution >= 0.6 is 23.4 Å². The molecule has 0 fully saturated rings. The lowest BCUT2D eigenvalue weighted by molar-refractivity contribution is -0.139. The Morgan fingerprint density at radius 1 is 1.38 bits per heavy atom. The molecular formula is C15H18ClN5O4S. The van der Waals surface area contributed by atoms with Gasteiger partial charge in [0.05, 0.1) is 24.5 Å². The molecule has 11 heteroatoms. The molecule has 0 spiro atoms. The van der Waals surface area contributed by atoms with Crippen molar-refractivity contribution in [3.63, 3.8) is 0 Å². The molecule has 0 saturated heterocycles. The molecule has 0 unspecified atom stereocenters. The highest BCUT2D eigenvalue weighted by Gasteiger charge is 2.16. The normalized spacial score (nSPS) is 10.4. The minimum atomic E-state index is -0.386. The average Bonchev–Trinajstić information content (AvgIpc) is 2.93. The van der Waals surface area contributed by atoms with E-state index in [1.165, 1.54) is 11.7 Å². The maximum atomic E-state index is 12.3. The lowest BCUT2D eigenvalue weighted by Gasteiger charge is -2.10. The fourth-order valence-corrected chi connectivity index (χ4v) is 2.97. The number of esters is 1. The molecule has 1 aromatic carbocycles. The van der Waals surface area contributed by atoms with E-state index in [0.717, 1.165) is 11.8 Å². The van der Waals surface area contributed by atoms with Crippen molar-refractivity contribution in [2.24, 2.45) is 0 Å². The zero-order valence-corrected chi connectivity index (χ0v) is 15.8. The Hall–Kier alpha value is -2.46. The Morgan fingerprint density at radius 2 is 2.15 bits per heavy atom.